The molecule has 0 radical (unpaired) electrons. The smallest absolute Gasteiger partial charge is 0.321 e. The van der Waals surface area contributed by atoms with Gasteiger partial charge >= 0.3 is 11.8 Å². The van der Waals surface area contributed by atoms with Crippen molar-refractivity contribution < 1.29 is 14.4 Å². The zero-order valence-electron chi connectivity index (χ0n) is 19.5. The van der Waals surface area contributed by atoms with Crippen LogP contribution in [0.3, 0.4) is 0 Å². The number of benzene rings is 3. The number of nitrogens with one attached hydrogen (secondary N) is 3. The number of amides is 3. The zero-order chi connectivity index (χ0) is 25.7. The topological polar surface area (TPSA) is 92.2 Å². The van der Waals surface area contributed by atoms with E-state index in [0.717, 1.165) is 24.8 Å². The number of hydrogen-bond acceptors (Lipinski definition) is 3. The predicted octanol–water partition coefficient (Wildman–Crippen LogP) is 6.25. The summed E-state index contributed by atoms with van der Waals surface area (Å²) in [7, 11) is 0. The molecule has 0 spiro atoms. The summed E-state index contributed by atoms with van der Waals surface area (Å²) < 4.78 is 1.27. The molecule has 0 fully saturated rings. The van der Waals surface area contributed by atoms with Crippen LogP contribution in [0.1, 0.15) is 35.8 Å². The Bertz CT molecular complexity index is 1410. The van der Waals surface area contributed by atoms with E-state index in [-0.39, 0.29) is 5.69 Å². The number of fused-ring (bicyclic) bond motifs is 1. The molecule has 0 saturated carbocycles. The predicted molar refractivity (Wildman–Crippen MR) is 144 cm³/mol. The molecule has 3 amide bonds. The van der Waals surface area contributed by atoms with Gasteiger partial charge < -0.3 is 10.6 Å². The van der Waals surface area contributed by atoms with E-state index in [1.165, 1.54) is 4.68 Å². The second-order valence-corrected chi connectivity index (χ2v) is 9.10. The van der Waals surface area contributed by atoms with E-state index in [1.54, 1.807) is 60.7 Å². The average molecular weight is 523 g/mol. The number of halogens is 2. The highest BCUT2D eigenvalue weighted by molar-refractivity contribution is 6.42. The lowest BCUT2D eigenvalue weighted by molar-refractivity contribution is -0.133. The van der Waals surface area contributed by atoms with Gasteiger partial charge in [-0.05, 0) is 79.1 Å². The van der Waals surface area contributed by atoms with Gasteiger partial charge in [-0.15, -0.1) is 0 Å². The monoisotopic (exact) mass is 522 g/mol. The summed E-state index contributed by atoms with van der Waals surface area (Å²) in [5.41, 5.74) is 5.32. The summed E-state index contributed by atoms with van der Waals surface area (Å²) in [5.74, 6) is -2.29. The summed E-state index contributed by atoms with van der Waals surface area (Å²) >= 11 is 12.0. The van der Waals surface area contributed by atoms with Crippen LogP contribution < -0.4 is 16.1 Å². The Morgan fingerprint density at radius 1 is 0.778 bits per heavy atom. The molecule has 0 unspecified atom stereocenters. The molecule has 9 heteroatoms. The minimum atomic E-state index is -0.932. The van der Waals surface area contributed by atoms with Crippen LogP contribution in [0.4, 0.5) is 11.4 Å². The van der Waals surface area contributed by atoms with E-state index in [0.29, 0.717) is 32.3 Å². The maximum absolute atomic E-state index is 13.1. The molecule has 4 rings (SSSR count). The third-order valence-electron chi connectivity index (χ3n) is 5.55. The Hall–Kier alpha value is -3.81. The second-order valence-electron chi connectivity index (χ2n) is 8.22. The van der Waals surface area contributed by atoms with Crippen LogP contribution in [0.25, 0.3) is 10.9 Å². The van der Waals surface area contributed by atoms with Crippen molar-refractivity contribution in [2.75, 3.05) is 16.1 Å². The molecule has 0 bridgehead atoms. The molecule has 0 aliphatic rings. The minimum Gasteiger partial charge on any atom is -0.321 e. The quantitative estimate of drug-likeness (QED) is 0.250. The standard InChI is InChI=1S/C27H24Cl2N4O3/c1-2-3-4-17-5-10-21(11-6-17)31-26(35)27(36)32-33-23-14-9-20(29)15-18(23)16-24(33)25(34)30-22-12-7-19(28)8-13-22/h5-16H,2-4H2,1H3,(H,30,34)(H,31,35)(H,32,36). The van der Waals surface area contributed by atoms with Crippen LogP contribution in [-0.2, 0) is 16.0 Å². The maximum Gasteiger partial charge on any atom is 0.328 e. The van der Waals surface area contributed by atoms with Crippen molar-refractivity contribution in [2.45, 2.75) is 26.2 Å². The van der Waals surface area contributed by atoms with Crippen molar-refractivity contribution in [3.05, 3.63) is 94.1 Å². The molecule has 0 saturated heterocycles. The molecule has 184 valence electrons. The molecule has 7 nitrogen and oxygen atoms in total. The van der Waals surface area contributed by atoms with Crippen LogP contribution in [0.5, 0.6) is 0 Å². The highest BCUT2D eigenvalue weighted by Crippen LogP contribution is 2.24. The van der Waals surface area contributed by atoms with E-state index in [1.807, 2.05) is 12.1 Å². The largest absolute Gasteiger partial charge is 0.328 e. The summed E-state index contributed by atoms with van der Waals surface area (Å²) in [6.45, 7) is 2.13. The Kier molecular flexibility index (Phi) is 7.93. The first-order valence-electron chi connectivity index (χ1n) is 11.4. The number of rotatable bonds is 7. The fraction of sp³-hybridized carbons (Fsp3) is 0.148. The van der Waals surface area contributed by atoms with Crippen LogP contribution in [0.15, 0.2) is 72.8 Å². The summed E-state index contributed by atoms with van der Waals surface area (Å²) in [5, 5.41) is 6.97. The van der Waals surface area contributed by atoms with Gasteiger partial charge in [-0.1, -0.05) is 48.7 Å². The van der Waals surface area contributed by atoms with Gasteiger partial charge in [0.05, 0.1) is 5.52 Å². The summed E-state index contributed by atoms with van der Waals surface area (Å²) in [6, 6.07) is 20.5. The Labute approximate surface area is 218 Å². The molecule has 3 N–H and O–H groups in total. The van der Waals surface area contributed by atoms with Gasteiger partial charge in [0.25, 0.3) is 5.91 Å². The second kappa shape index (κ2) is 11.3. The maximum atomic E-state index is 13.1. The van der Waals surface area contributed by atoms with Crippen molar-refractivity contribution in [1.82, 2.24) is 4.68 Å². The van der Waals surface area contributed by atoms with Crippen molar-refractivity contribution in [2.24, 2.45) is 0 Å². The van der Waals surface area contributed by atoms with E-state index >= 15 is 0 Å². The number of hydrogen-bond donors (Lipinski definition) is 3. The third kappa shape index (κ3) is 6.05. The SMILES string of the molecule is CCCCc1ccc(NC(=O)C(=O)Nn2c(C(=O)Nc3ccc(Cl)cc3)cc3cc(Cl)ccc32)cc1. The Morgan fingerprint density at radius 2 is 1.42 bits per heavy atom. The van der Waals surface area contributed by atoms with Crippen molar-refractivity contribution in [3.63, 3.8) is 0 Å². The van der Waals surface area contributed by atoms with Gasteiger partial charge in [0.2, 0.25) is 0 Å². The van der Waals surface area contributed by atoms with Gasteiger partial charge in [-0.2, -0.15) is 0 Å². The molecule has 1 aromatic heterocycles. The van der Waals surface area contributed by atoms with Crippen LogP contribution in [0, 0.1) is 0 Å². The van der Waals surface area contributed by atoms with Crippen LogP contribution in [0.2, 0.25) is 10.0 Å². The highest BCUT2D eigenvalue weighted by Gasteiger charge is 2.21. The molecule has 0 aliphatic carbocycles. The fourth-order valence-electron chi connectivity index (χ4n) is 3.68. The lowest BCUT2D eigenvalue weighted by atomic mass is 10.1. The fourth-order valence-corrected chi connectivity index (χ4v) is 3.98. The zero-order valence-corrected chi connectivity index (χ0v) is 21.0. The molecule has 1 heterocycles. The molecular formula is C27H24Cl2N4O3. The van der Waals surface area contributed by atoms with Gasteiger partial charge in [-0.3, -0.25) is 19.8 Å². The van der Waals surface area contributed by atoms with E-state index in [9.17, 15) is 14.4 Å². The first kappa shape index (κ1) is 25.3. The number of aromatic nitrogens is 1. The van der Waals surface area contributed by atoms with Crippen LogP contribution in [-0.4, -0.2) is 22.4 Å². The number of anilines is 2. The molecule has 4 aromatic rings. The van der Waals surface area contributed by atoms with E-state index in [2.05, 4.69) is 23.0 Å². The third-order valence-corrected chi connectivity index (χ3v) is 6.04. The first-order chi connectivity index (χ1) is 17.3. The number of nitrogens with zero attached hydrogens (tertiary/aromatic N) is 1. The summed E-state index contributed by atoms with van der Waals surface area (Å²) in [4.78, 5) is 38.5. The molecule has 3 aromatic carbocycles. The lowest BCUT2D eigenvalue weighted by Gasteiger charge is -2.13. The Balaban J connectivity index is 1.54. The average Bonchev–Trinajstić information content (AvgIpc) is 3.22. The van der Waals surface area contributed by atoms with Crippen molar-refractivity contribution in [1.29, 1.82) is 0 Å². The van der Waals surface area contributed by atoms with Gasteiger partial charge in [-0.25, -0.2) is 4.68 Å². The minimum absolute atomic E-state index is 0.114. The normalized spacial score (nSPS) is 10.8. The number of unbranched alkanes of at least 4 members (excludes halogenated alkanes) is 1. The molecule has 0 atom stereocenters. The van der Waals surface area contributed by atoms with Gasteiger partial charge in [0.15, 0.2) is 0 Å². The van der Waals surface area contributed by atoms with Crippen LogP contribution >= 0.6 is 23.2 Å². The summed E-state index contributed by atoms with van der Waals surface area (Å²) in [6.07, 6.45) is 3.13. The lowest BCUT2D eigenvalue weighted by Crippen LogP contribution is -2.36. The highest BCUT2D eigenvalue weighted by atomic mass is 35.5. The van der Waals surface area contributed by atoms with Crippen molar-refractivity contribution >= 4 is 63.2 Å². The van der Waals surface area contributed by atoms with E-state index < -0.39 is 17.7 Å². The Morgan fingerprint density at radius 3 is 2.11 bits per heavy atom. The number of carbonyl (C=O) groups is 3. The van der Waals surface area contributed by atoms with Gasteiger partial charge in [0.1, 0.15) is 5.69 Å². The number of carbonyl (C=O) groups excluding carboxylic acids is 3. The molecule has 0 aliphatic heterocycles. The number of aryl methyl sites for hydroxylation is 1. The van der Waals surface area contributed by atoms with Crippen molar-refractivity contribution in [3.8, 4) is 0 Å². The molecular weight excluding hydrogens is 499 g/mol. The first-order valence-corrected chi connectivity index (χ1v) is 12.2. The molecule has 36 heavy (non-hydrogen) atoms. The van der Waals surface area contributed by atoms with E-state index in [4.69, 9.17) is 23.2 Å². The van der Waals surface area contributed by atoms with Gasteiger partial charge in [0, 0.05) is 26.8 Å².